The Hall–Kier alpha value is -3.13. The third-order valence-electron chi connectivity index (χ3n) is 4.17. The molecule has 0 aliphatic carbocycles. The first-order valence-corrected chi connectivity index (χ1v) is 9.78. The Bertz CT molecular complexity index is 1020. The van der Waals surface area contributed by atoms with Crippen molar-refractivity contribution in [3.05, 3.63) is 76.3 Å². The van der Waals surface area contributed by atoms with E-state index in [1.165, 1.54) is 4.90 Å². The minimum atomic E-state index is -0.359. The van der Waals surface area contributed by atoms with E-state index in [0.717, 1.165) is 5.56 Å². The van der Waals surface area contributed by atoms with E-state index < -0.39 is 0 Å². The minimum absolute atomic E-state index is 0.173. The molecule has 29 heavy (non-hydrogen) atoms. The van der Waals surface area contributed by atoms with E-state index in [4.69, 9.17) is 9.15 Å². The zero-order valence-corrected chi connectivity index (χ0v) is 17.6. The van der Waals surface area contributed by atoms with Crippen LogP contribution in [0.2, 0.25) is 0 Å². The number of amides is 2. The summed E-state index contributed by atoms with van der Waals surface area (Å²) in [6.07, 6.45) is 1.64. The van der Waals surface area contributed by atoms with Gasteiger partial charge in [0.25, 0.3) is 11.8 Å². The van der Waals surface area contributed by atoms with E-state index in [0.29, 0.717) is 28.4 Å². The van der Waals surface area contributed by atoms with Gasteiger partial charge in [-0.15, -0.1) is 0 Å². The van der Waals surface area contributed by atoms with Crippen LogP contribution in [0.15, 0.2) is 63.8 Å². The van der Waals surface area contributed by atoms with Crippen molar-refractivity contribution in [3.8, 4) is 5.88 Å². The number of pyridine rings is 1. The average molecular weight is 458 g/mol. The van der Waals surface area contributed by atoms with Gasteiger partial charge < -0.3 is 19.4 Å². The molecule has 0 bridgehead atoms. The highest BCUT2D eigenvalue weighted by molar-refractivity contribution is 9.10. The topological polar surface area (TPSA) is 84.7 Å². The number of nitrogens with one attached hydrogen (secondary N) is 1. The fraction of sp³-hybridized carbons (Fsp3) is 0.190. The van der Waals surface area contributed by atoms with Gasteiger partial charge in [0.05, 0.1) is 17.9 Å². The van der Waals surface area contributed by atoms with Crippen LogP contribution in [0, 0.1) is 0 Å². The van der Waals surface area contributed by atoms with Crippen molar-refractivity contribution >= 4 is 33.4 Å². The molecule has 150 valence electrons. The van der Waals surface area contributed by atoms with Gasteiger partial charge in [-0.25, -0.2) is 4.98 Å². The van der Waals surface area contributed by atoms with Crippen LogP contribution < -0.4 is 15.0 Å². The Labute approximate surface area is 176 Å². The van der Waals surface area contributed by atoms with Crippen molar-refractivity contribution in [1.82, 2.24) is 10.3 Å². The van der Waals surface area contributed by atoms with E-state index >= 15 is 0 Å². The summed E-state index contributed by atoms with van der Waals surface area (Å²) in [5, 5.41) is 2.86. The Kier molecular flexibility index (Phi) is 6.66. The normalized spacial score (nSPS) is 10.4. The molecule has 1 N–H and O–H groups in total. The second-order valence-corrected chi connectivity index (χ2v) is 6.85. The molecular weight excluding hydrogens is 438 g/mol. The third-order valence-corrected chi connectivity index (χ3v) is 4.60. The number of furan rings is 1. The lowest BCUT2D eigenvalue weighted by molar-refractivity contribution is 0.0950. The molecule has 2 aromatic heterocycles. The number of para-hydroxylation sites is 1. The molecule has 1 aromatic carbocycles. The Morgan fingerprint density at radius 2 is 1.97 bits per heavy atom. The van der Waals surface area contributed by atoms with Crippen molar-refractivity contribution in [1.29, 1.82) is 0 Å². The van der Waals surface area contributed by atoms with E-state index in [2.05, 4.69) is 26.2 Å². The number of nitrogens with zero attached hydrogens (tertiary/aromatic N) is 2. The standard InChI is InChI=1S/C21H20BrN3O4/c1-3-28-20-14(7-6-12-23-20)13-24-19(26)15-8-4-5-9-16(15)25(2)21(27)17-10-11-18(22)29-17/h4-12H,3,13H2,1-2H3,(H,24,26). The first kappa shape index (κ1) is 20.6. The number of rotatable bonds is 7. The van der Waals surface area contributed by atoms with Crippen LogP contribution in [0.25, 0.3) is 0 Å². The summed E-state index contributed by atoms with van der Waals surface area (Å²) in [5.74, 6) is -0.0143. The van der Waals surface area contributed by atoms with E-state index in [1.54, 1.807) is 55.7 Å². The molecule has 3 rings (SSSR count). The molecule has 0 atom stereocenters. The van der Waals surface area contributed by atoms with Crippen molar-refractivity contribution in [3.63, 3.8) is 0 Å². The fourth-order valence-electron chi connectivity index (χ4n) is 2.76. The summed E-state index contributed by atoms with van der Waals surface area (Å²) in [7, 11) is 1.60. The van der Waals surface area contributed by atoms with Crippen molar-refractivity contribution in [2.75, 3.05) is 18.6 Å². The second-order valence-electron chi connectivity index (χ2n) is 6.07. The number of aromatic nitrogens is 1. The number of anilines is 1. The summed E-state index contributed by atoms with van der Waals surface area (Å²) in [5.41, 5.74) is 1.61. The van der Waals surface area contributed by atoms with Gasteiger partial charge >= 0.3 is 0 Å². The monoisotopic (exact) mass is 457 g/mol. The number of carbonyl (C=O) groups excluding carboxylic acids is 2. The highest BCUT2D eigenvalue weighted by Crippen LogP contribution is 2.23. The molecule has 0 radical (unpaired) electrons. The molecule has 2 amide bonds. The zero-order valence-electron chi connectivity index (χ0n) is 16.0. The predicted molar refractivity (Wildman–Crippen MR) is 112 cm³/mol. The lowest BCUT2D eigenvalue weighted by Gasteiger charge is -2.19. The van der Waals surface area contributed by atoms with E-state index in [1.807, 2.05) is 13.0 Å². The van der Waals surface area contributed by atoms with Crippen molar-refractivity contribution in [2.24, 2.45) is 0 Å². The second kappa shape index (κ2) is 9.38. The Balaban J connectivity index is 1.78. The van der Waals surface area contributed by atoms with Crippen LogP contribution >= 0.6 is 15.9 Å². The number of ether oxygens (including phenoxy) is 1. The highest BCUT2D eigenvalue weighted by atomic mass is 79.9. The molecular formula is C21H20BrN3O4. The van der Waals surface area contributed by atoms with Crippen LogP contribution in [0.4, 0.5) is 5.69 Å². The minimum Gasteiger partial charge on any atom is -0.478 e. The summed E-state index contributed by atoms with van der Waals surface area (Å²) >= 11 is 3.19. The van der Waals surface area contributed by atoms with Crippen LogP contribution in [0.3, 0.4) is 0 Å². The number of benzene rings is 1. The molecule has 2 heterocycles. The maximum atomic E-state index is 12.8. The average Bonchev–Trinajstić information content (AvgIpc) is 3.18. The molecule has 0 saturated heterocycles. The fourth-order valence-corrected chi connectivity index (χ4v) is 3.06. The van der Waals surface area contributed by atoms with Crippen LogP contribution in [0.1, 0.15) is 33.4 Å². The van der Waals surface area contributed by atoms with Gasteiger partial charge in [-0.2, -0.15) is 0 Å². The summed E-state index contributed by atoms with van der Waals surface area (Å²) in [6, 6.07) is 13.7. The molecule has 8 heteroatoms. The quantitative estimate of drug-likeness (QED) is 0.578. The number of halogens is 1. The van der Waals surface area contributed by atoms with Crippen molar-refractivity contribution < 1.29 is 18.7 Å². The maximum Gasteiger partial charge on any atom is 0.293 e. The molecule has 0 unspecified atom stereocenters. The summed E-state index contributed by atoms with van der Waals surface area (Å²) in [4.78, 5) is 31.1. The smallest absolute Gasteiger partial charge is 0.293 e. The Morgan fingerprint density at radius 1 is 1.17 bits per heavy atom. The van der Waals surface area contributed by atoms with Gasteiger partial charge in [-0.05, 0) is 53.2 Å². The Morgan fingerprint density at radius 3 is 2.69 bits per heavy atom. The van der Waals surface area contributed by atoms with Crippen LogP contribution in [0.5, 0.6) is 5.88 Å². The lowest BCUT2D eigenvalue weighted by Crippen LogP contribution is -2.30. The van der Waals surface area contributed by atoms with Gasteiger partial charge in [0.15, 0.2) is 10.4 Å². The van der Waals surface area contributed by atoms with Crippen LogP contribution in [-0.2, 0) is 6.54 Å². The van der Waals surface area contributed by atoms with Gasteiger partial charge in [0.2, 0.25) is 5.88 Å². The van der Waals surface area contributed by atoms with Crippen LogP contribution in [-0.4, -0.2) is 30.5 Å². The number of hydrogen-bond acceptors (Lipinski definition) is 5. The first-order valence-electron chi connectivity index (χ1n) is 8.98. The molecule has 0 aliphatic heterocycles. The zero-order chi connectivity index (χ0) is 20.8. The molecule has 0 saturated carbocycles. The van der Waals surface area contributed by atoms with Gasteiger partial charge in [-0.1, -0.05) is 18.2 Å². The van der Waals surface area contributed by atoms with Gasteiger partial charge in [0, 0.05) is 25.4 Å². The number of hydrogen-bond donors (Lipinski definition) is 1. The number of carbonyl (C=O) groups is 2. The molecule has 3 aromatic rings. The molecule has 0 aliphatic rings. The molecule has 0 fully saturated rings. The summed E-state index contributed by atoms with van der Waals surface area (Å²) in [6.45, 7) is 2.60. The van der Waals surface area contributed by atoms with E-state index in [9.17, 15) is 9.59 Å². The maximum absolute atomic E-state index is 12.8. The third kappa shape index (κ3) is 4.83. The summed E-state index contributed by atoms with van der Waals surface area (Å²) < 4.78 is 11.3. The predicted octanol–water partition coefficient (Wildman–Crippen LogP) is 4.04. The lowest BCUT2D eigenvalue weighted by atomic mass is 10.1. The SMILES string of the molecule is CCOc1ncccc1CNC(=O)c1ccccc1N(C)C(=O)c1ccc(Br)o1. The largest absolute Gasteiger partial charge is 0.478 e. The highest BCUT2D eigenvalue weighted by Gasteiger charge is 2.22. The first-order chi connectivity index (χ1) is 14.0. The van der Waals surface area contributed by atoms with Gasteiger partial charge in [-0.3, -0.25) is 9.59 Å². The molecule has 0 spiro atoms. The molecule has 7 nitrogen and oxygen atoms in total. The van der Waals surface area contributed by atoms with Crippen molar-refractivity contribution in [2.45, 2.75) is 13.5 Å². The van der Waals surface area contributed by atoms with E-state index in [-0.39, 0.29) is 24.1 Å². The van der Waals surface area contributed by atoms with Gasteiger partial charge in [0.1, 0.15) is 0 Å².